The van der Waals surface area contributed by atoms with Gasteiger partial charge < -0.3 is 14.4 Å². The highest BCUT2D eigenvalue weighted by molar-refractivity contribution is 5.84. The number of amides is 1. The molecule has 3 atom stereocenters. The van der Waals surface area contributed by atoms with E-state index < -0.39 is 0 Å². The summed E-state index contributed by atoms with van der Waals surface area (Å²) in [6, 6.07) is 20.6. The van der Waals surface area contributed by atoms with Crippen molar-refractivity contribution in [2.45, 2.75) is 57.5 Å². The van der Waals surface area contributed by atoms with Crippen LogP contribution in [0.5, 0.6) is 0 Å². The zero-order valence-corrected chi connectivity index (χ0v) is 19.5. The largest absolute Gasteiger partial charge is 0.353 e. The molecule has 3 unspecified atom stereocenters. The third-order valence-corrected chi connectivity index (χ3v) is 6.21. The molecule has 5 heteroatoms. The summed E-state index contributed by atoms with van der Waals surface area (Å²) >= 11 is 0. The van der Waals surface area contributed by atoms with E-state index in [1.54, 1.807) is 0 Å². The lowest BCUT2D eigenvalue weighted by Crippen LogP contribution is -2.36. The Morgan fingerprint density at radius 3 is 2.45 bits per heavy atom. The molecule has 4 rings (SSSR count). The van der Waals surface area contributed by atoms with Crippen molar-refractivity contribution in [1.82, 2.24) is 9.80 Å². The first-order valence-electron chi connectivity index (χ1n) is 12.3. The average molecular weight is 449 g/mol. The molecular formula is C28H36N2O3. The van der Waals surface area contributed by atoms with Gasteiger partial charge in [-0.2, -0.15) is 0 Å². The quantitative estimate of drug-likeness (QED) is 0.266. The van der Waals surface area contributed by atoms with E-state index in [0.29, 0.717) is 13.2 Å². The van der Waals surface area contributed by atoms with Crippen LogP contribution >= 0.6 is 0 Å². The van der Waals surface area contributed by atoms with Crippen LogP contribution in [0.4, 0.5) is 0 Å². The van der Waals surface area contributed by atoms with E-state index in [4.69, 9.17) is 9.47 Å². The first-order valence-corrected chi connectivity index (χ1v) is 12.3. The van der Waals surface area contributed by atoms with Crippen LogP contribution in [0, 0.1) is 0 Å². The van der Waals surface area contributed by atoms with E-state index in [0.717, 1.165) is 51.9 Å². The lowest BCUT2D eigenvalue weighted by Gasteiger charge is -2.23. The highest BCUT2D eigenvalue weighted by Gasteiger charge is 2.42. The van der Waals surface area contributed by atoms with Crippen molar-refractivity contribution in [2.75, 3.05) is 26.3 Å². The van der Waals surface area contributed by atoms with E-state index in [-0.39, 0.29) is 18.2 Å². The second-order valence-electron chi connectivity index (χ2n) is 8.89. The van der Waals surface area contributed by atoms with Crippen LogP contribution in [0.3, 0.4) is 0 Å². The fraction of sp³-hybridized carbons (Fsp3) is 0.464. The number of carbonyl (C=O) groups excluding carboxylic acids is 1. The fourth-order valence-electron chi connectivity index (χ4n) is 4.26. The van der Waals surface area contributed by atoms with Gasteiger partial charge in [0.15, 0.2) is 6.29 Å². The Bertz CT molecular complexity index is 865. The molecule has 33 heavy (non-hydrogen) atoms. The summed E-state index contributed by atoms with van der Waals surface area (Å²) in [6.45, 7) is 4.56. The third kappa shape index (κ3) is 7.81. The summed E-state index contributed by atoms with van der Waals surface area (Å²) < 4.78 is 11.4. The molecule has 0 aliphatic carbocycles. The van der Waals surface area contributed by atoms with Crippen LogP contribution in [0.15, 0.2) is 72.8 Å². The smallest absolute Gasteiger partial charge is 0.241 e. The van der Waals surface area contributed by atoms with E-state index in [1.807, 2.05) is 29.2 Å². The number of ether oxygens (including phenoxy) is 2. The predicted octanol–water partition coefficient (Wildman–Crippen LogP) is 4.78. The summed E-state index contributed by atoms with van der Waals surface area (Å²) in [4.78, 5) is 17.5. The molecule has 2 aromatic carbocycles. The molecule has 2 aromatic rings. The van der Waals surface area contributed by atoms with Crippen molar-refractivity contribution in [2.24, 2.45) is 0 Å². The minimum atomic E-state index is -0.0245. The maximum atomic E-state index is 13.3. The highest BCUT2D eigenvalue weighted by Crippen LogP contribution is 2.24. The monoisotopic (exact) mass is 448 g/mol. The molecule has 0 bridgehead atoms. The standard InChI is InChI=1S/C28H36N2O3/c31-28(26-23-30(26)22-25-15-7-4-8-16-25)29(21-24-13-5-3-6-14-24)18-10-1-2-11-19-32-27-17-9-12-20-33-27/h1-8,13-16,26-27H,9-12,17-23H2/b2-1-. The van der Waals surface area contributed by atoms with Gasteiger partial charge in [-0.25, -0.2) is 0 Å². The van der Waals surface area contributed by atoms with Crippen LogP contribution in [0.25, 0.3) is 0 Å². The van der Waals surface area contributed by atoms with Gasteiger partial charge in [0.1, 0.15) is 6.04 Å². The van der Waals surface area contributed by atoms with E-state index >= 15 is 0 Å². The van der Waals surface area contributed by atoms with Crippen molar-refractivity contribution < 1.29 is 14.3 Å². The van der Waals surface area contributed by atoms with Crippen molar-refractivity contribution in [3.63, 3.8) is 0 Å². The number of rotatable bonds is 12. The Labute approximate surface area is 198 Å². The summed E-state index contributed by atoms with van der Waals surface area (Å²) in [5.41, 5.74) is 2.43. The lowest BCUT2D eigenvalue weighted by molar-refractivity contribution is -0.161. The number of benzene rings is 2. The average Bonchev–Trinajstić information content (AvgIpc) is 3.63. The maximum Gasteiger partial charge on any atom is 0.241 e. The molecule has 5 nitrogen and oxygen atoms in total. The van der Waals surface area contributed by atoms with E-state index in [1.165, 1.54) is 17.5 Å². The van der Waals surface area contributed by atoms with Crippen molar-refractivity contribution >= 4 is 5.91 Å². The number of hydrogen-bond acceptors (Lipinski definition) is 4. The predicted molar refractivity (Wildman–Crippen MR) is 130 cm³/mol. The topological polar surface area (TPSA) is 41.8 Å². The van der Waals surface area contributed by atoms with Gasteiger partial charge in [0, 0.05) is 32.8 Å². The van der Waals surface area contributed by atoms with Crippen molar-refractivity contribution in [3.05, 3.63) is 83.9 Å². The van der Waals surface area contributed by atoms with Gasteiger partial charge in [0.25, 0.3) is 0 Å². The van der Waals surface area contributed by atoms with Crippen LogP contribution < -0.4 is 0 Å². The number of nitrogens with zero attached hydrogens (tertiary/aromatic N) is 2. The molecule has 0 N–H and O–H groups in total. The van der Waals surface area contributed by atoms with Gasteiger partial charge in [-0.1, -0.05) is 72.8 Å². The molecular weight excluding hydrogens is 412 g/mol. The second kappa shape index (κ2) is 12.7. The summed E-state index contributed by atoms with van der Waals surface area (Å²) in [7, 11) is 0. The molecule has 2 aliphatic heterocycles. The van der Waals surface area contributed by atoms with Crippen LogP contribution in [-0.2, 0) is 27.4 Å². The van der Waals surface area contributed by atoms with Gasteiger partial charge in [-0.3, -0.25) is 9.69 Å². The Balaban J connectivity index is 1.23. The molecule has 0 aromatic heterocycles. The molecule has 0 saturated carbocycles. The zero-order valence-electron chi connectivity index (χ0n) is 19.5. The molecule has 0 radical (unpaired) electrons. The molecule has 176 valence electrons. The Morgan fingerprint density at radius 2 is 1.73 bits per heavy atom. The Hall–Kier alpha value is -2.47. The Morgan fingerprint density at radius 1 is 1.00 bits per heavy atom. The van der Waals surface area contributed by atoms with Crippen LogP contribution in [0.1, 0.15) is 43.2 Å². The maximum absolute atomic E-state index is 13.3. The molecule has 2 fully saturated rings. The molecule has 2 saturated heterocycles. The minimum absolute atomic E-state index is 0.00166. The zero-order chi connectivity index (χ0) is 22.7. The minimum Gasteiger partial charge on any atom is -0.353 e. The summed E-state index contributed by atoms with van der Waals surface area (Å²) in [6.07, 6.45) is 9.37. The van der Waals surface area contributed by atoms with Crippen LogP contribution in [-0.4, -0.2) is 54.3 Å². The van der Waals surface area contributed by atoms with Gasteiger partial charge in [-0.15, -0.1) is 0 Å². The SMILES string of the molecule is O=C(C1CN1Cc1ccccc1)N(CC/C=C\CCOC1CCCCO1)Cc1ccccc1. The number of carbonyl (C=O) groups is 1. The Kier molecular flexibility index (Phi) is 9.10. The van der Waals surface area contributed by atoms with E-state index in [9.17, 15) is 4.79 Å². The second-order valence-corrected chi connectivity index (χ2v) is 8.89. The molecule has 2 aliphatic rings. The van der Waals surface area contributed by atoms with Gasteiger partial charge in [0.2, 0.25) is 5.91 Å². The highest BCUT2D eigenvalue weighted by atomic mass is 16.7. The van der Waals surface area contributed by atoms with Gasteiger partial charge >= 0.3 is 0 Å². The van der Waals surface area contributed by atoms with E-state index in [2.05, 4.69) is 53.5 Å². The third-order valence-electron chi connectivity index (χ3n) is 6.21. The number of hydrogen-bond donors (Lipinski definition) is 0. The first kappa shape index (κ1) is 23.7. The molecule has 0 spiro atoms. The van der Waals surface area contributed by atoms with Gasteiger partial charge in [0.05, 0.1) is 6.61 Å². The van der Waals surface area contributed by atoms with Crippen LogP contribution in [0.2, 0.25) is 0 Å². The molecule has 2 heterocycles. The summed E-state index contributed by atoms with van der Waals surface area (Å²) in [5.74, 6) is 0.237. The van der Waals surface area contributed by atoms with Crippen molar-refractivity contribution in [1.29, 1.82) is 0 Å². The first-order chi connectivity index (χ1) is 16.3. The lowest BCUT2D eigenvalue weighted by atomic mass is 10.2. The van der Waals surface area contributed by atoms with Gasteiger partial charge in [-0.05, 0) is 43.2 Å². The van der Waals surface area contributed by atoms with Crippen molar-refractivity contribution in [3.8, 4) is 0 Å². The fourth-order valence-corrected chi connectivity index (χ4v) is 4.26. The normalized spacial score (nSPS) is 22.4. The summed E-state index contributed by atoms with van der Waals surface area (Å²) in [5, 5.41) is 0. The molecule has 1 amide bonds.